The van der Waals surface area contributed by atoms with Crippen LogP contribution in [0.15, 0.2) is 34.3 Å². The van der Waals surface area contributed by atoms with Crippen LogP contribution in [0.4, 0.5) is 0 Å². The number of hydrogen-bond donors (Lipinski definition) is 0. The fraction of sp³-hybridized carbons (Fsp3) is 0.333. The molecule has 0 N–H and O–H groups in total. The summed E-state index contributed by atoms with van der Waals surface area (Å²) in [4.78, 5) is 16.1. The first-order valence-electron chi connectivity index (χ1n) is 6.58. The lowest BCUT2D eigenvalue weighted by Gasteiger charge is -2.09. The van der Waals surface area contributed by atoms with E-state index in [2.05, 4.69) is 4.99 Å². The standard InChI is InChI=1S/C15H13Cl2NO2/c16-10-6-5-9(13(17)7-10)8-18-14-11-3-1-2-4-12(11)15(19)20-14/h5-7H,1-4,8H2. The summed E-state index contributed by atoms with van der Waals surface area (Å²) in [5, 5.41) is 1.17. The largest absolute Gasteiger partial charge is 0.404 e. The summed E-state index contributed by atoms with van der Waals surface area (Å²) in [5.74, 6) is 0.233. The Morgan fingerprint density at radius 1 is 1.15 bits per heavy atom. The van der Waals surface area contributed by atoms with Crippen molar-refractivity contribution in [1.29, 1.82) is 0 Å². The lowest BCUT2D eigenvalue weighted by atomic mass is 9.93. The van der Waals surface area contributed by atoms with Crippen LogP contribution < -0.4 is 0 Å². The van der Waals surface area contributed by atoms with Gasteiger partial charge in [0.25, 0.3) is 0 Å². The number of aliphatic imine (C=N–C) groups is 1. The smallest absolute Gasteiger partial charge is 0.341 e. The van der Waals surface area contributed by atoms with Crippen LogP contribution in [0.5, 0.6) is 0 Å². The van der Waals surface area contributed by atoms with Crippen LogP contribution in [0.3, 0.4) is 0 Å². The summed E-state index contributed by atoms with van der Waals surface area (Å²) < 4.78 is 5.26. The van der Waals surface area contributed by atoms with Gasteiger partial charge in [-0.15, -0.1) is 0 Å². The molecule has 20 heavy (non-hydrogen) atoms. The predicted molar refractivity (Wildman–Crippen MR) is 79.2 cm³/mol. The maximum Gasteiger partial charge on any atom is 0.341 e. The maximum absolute atomic E-state index is 11.7. The molecule has 0 aromatic heterocycles. The highest BCUT2D eigenvalue weighted by Gasteiger charge is 2.32. The Bertz CT molecular complexity index is 635. The molecule has 1 aromatic carbocycles. The van der Waals surface area contributed by atoms with Gasteiger partial charge >= 0.3 is 5.97 Å². The molecule has 0 bridgehead atoms. The van der Waals surface area contributed by atoms with Gasteiger partial charge in [0.1, 0.15) is 0 Å². The molecule has 0 fully saturated rings. The van der Waals surface area contributed by atoms with E-state index in [4.69, 9.17) is 27.9 Å². The first-order valence-corrected chi connectivity index (χ1v) is 7.33. The van der Waals surface area contributed by atoms with Crippen LogP contribution in [-0.4, -0.2) is 11.9 Å². The van der Waals surface area contributed by atoms with Gasteiger partial charge in [0.2, 0.25) is 5.90 Å². The van der Waals surface area contributed by atoms with Crippen molar-refractivity contribution in [2.45, 2.75) is 32.2 Å². The van der Waals surface area contributed by atoms with Crippen molar-refractivity contribution in [3.05, 3.63) is 45.0 Å². The van der Waals surface area contributed by atoms with Crippen molar-refractivity contribution < 1.29 is 9.53 Å². The van der Waals surface area contributed by atoms with E-state index in [1.165, 1.54) is 0 Å². The maximum atomic E-state index is 11.7. The average molecular weight is 310 g/mol. The van der Waals surface area contributed by atoms with E-state index in [0.29, 0.717) is 22.5 Å². The molecule has 0 saturated carbocycles. The SMILES string of the molecule is O=C1OC(=NCc2ccc(Cl)cc2Cl)C2=C1CCCC2. The molecular weight excluding hydrogens is 297 g/mol. The molecule has 3 nitrogen and oxygen atoms in total. The average Bonchev–Trinajstić information content (AvgIpc) is 2.75. The van der Waals surface area contributed by atoms with Crippen molar-refractivity contribution >= 4 is 35.1 Å². The van der Waals surface area contributed by atoms with Crippen LogP contribution in [0.25, 0.3) is 0 Å². The van der Waals surface area contributed by atoms with Gasteiger partial charge in [0.05, 0.1) is 6.54 Å². The second-order valence-electron chi connectivity index (χ2n) is 4.91. The Morgan fingerprint density at radius 2 is 1.90 bits per heavy atom. The highest BCUT2D eigenvalue weighted by atomic mass is 35.5. The van der Waals surface area contributed by atoms with E-state index < -0.39 is 0 Å². The molecule has 1 aromatic rings. The van der Waals surface area contributed by atoms with Gasteiger partial charge in [0.15, 0.2) is 0 Å². The predicted octanol–water partition coefficient (Wildman–Crippen LogP) is 4.32. The molecule has 0 unspecified atom stereocenters. The number of cyclic esters (lactones) is 1. The zero-order chi connectivity index (χ0) is 14.1. The molecule has 0 amide bonds. The van der Waals surface area contributed by atoms with E-state index in [0.717, 1.165) is 42.4 Å². The van der Waals surface area contributed by atoms with Gasteiger partial charge in [-0.1, -0.05) is 29.3 Å². The number of ether oxygens (including phenoxy) is 1. The van der Waals surface area contributed by atoms with E-state index in [9.17, 15) is 4.79 Å². The second kappa shape index (κ2) is 5.58. The molecule has 0 atom stereocenters. The van der Waals surface area contributed by atoms with Crippen LogP contribution in [-0.2, 0) is 16.1 Å². The van der Waals surface area contributed by atoms with E-state index in [1.54, 1.807) is 12.1 Å². The lowest BCUT2D eigenvalue weighted by Crippen LogP contribution is -2.04. The van der Waals surface area contributed by atoms with Gasteiger partial charge in [-0.25, -0.2) is 9.79 Å². The van der Waals surface area contributed by atoms with E-state index >= 15 is 0 Å². The second-order valence-corrected chi connectivity index (χ2v) is 5.75. The normalized spacial score (nSPS) is 20.3. The Kier molecular flexibility index (Phi) is 3.81. The monoisotopic (exact) mass is 309 g/mol. The number of nitrogens with zero attached hydrogens (tertiary/aromatic N) is 1. The summed E-state index contributed by atoms with van der Waals surface area (Å²) in [7, 11) is 0. The quantitative estimate of drug-likeness (QED) is 0.763. The first-order chi connectivity index (χ1) is 9.65. The van der Waals surface area contributed by atoms with Crippen molar-refractivity contribution in [3.63, 3.8) is 0 Å². The number of carbonyl (C=O) groups excluding carboxylic acids is 1. The van der Waals surface area contributed by atoms with Crippen LogP contribution in [0, 0.1) is 0 Å². The molecule has 0 spiro atoms. The number of carbonyl (C=O) groups is 1. The summed E-state index contributed by atoms with van der Waals surface area (Å²) in [6.45, 7) is 0.384. The molecule has 1 aliphatic carbocycles. The minimum absolute atomic E-state index is 0.236. The zero-order valence-corrected chi connectivity index (χ0v) is 12.3. The van der Waals surface area contributed by atoms with Crippen LogP contribution in [0.1, 0.15) is 31.2 Å². The van der Waals surface area contributed by atoms with Crippen molar-refractivity contribution in [2.75, 3.05) is 0 Å². The van der Waals surface area contributed by atoms with Crippen LogP contribution in [0.2, 0.25) is 10.0 Å². The molecule has 0 radical (unpaired) electrons. The Labute approximate surface area is 127 Å². The fourth-order valence-corrected chi connectivity index (χ4v) is 2.98. The lowest BCUT2D eigenvalue weighted by molar-refractivity contribution is -0.130. The molecule has 3 rings (SSSR count). The van der Waals surface area contributed by atoms with Gasteiger partial charge in [-0.2, -0.15) is 0 Å². The third kappa shape index (κ3) is 2.60. The third-order valence-electron chi connectivity index (χ3n) is 3.57. The molecule has 2 aliphatic rings. The number of benzene rings is 1. The highest BCUT2D eigenvalue weighted by molar-refractivity contribution is 6.35. The van der Waals surface area contributed by atoms with Gasteiger partial charge in [0, 0.05) is 21.2 Å². The summed E-state index contributed by atoms with van der Waals surface area (Å²) in [6, 6.07) is 5.29. The Morgan fingerprint density at radius 3 is 2.65 bits per heavy atom. The number of halogens is 2. The highest BCUT2D eigenvalue weighted by Crippen LogP contribution is 2.32. The van der Waals surface area contributed by atoms with E-state index in [-0.39, 0.29) is 5.97 Å². The number of esters is 1. The van der Waals surface area contributed by atoms with Gasteiger partial charge in [-0.3, -0.25) is 0 Å². The summed E-state index contributed by atoms with van der Waals surface area (Å²) in [6.07, 6.45) is 3.80. The van der Waals surface area contributed by atoms with E-state index in [1.807, 2.05) is 6.07 Å². The van der Waals surface area contributed by atoms with Gasteiger partial charge < -0.3 is 4.74 Å². The first kappa shape index (κ1) is 13.7. The van der Waals surface area contributed by atoms with Crippen molar-refractivity contribution in [3.8, 4) is 0 Å². The topological polar surface area (TPSA) is 38.7 Å². The third-order valence-corrected chi connectivity index (χ3v) is 4.16. The summed E-state index contributed by atoms with van der Waals surface area (Å²) >= 11 is 12.0. The minimum atomic E-state index is -0.236. The molecule has 104 valence electrons. The van der Waals surface area contributed by atoms with Crippen molar-refractivity contribution in [1.82, 2.24) is 0 Å². The molecule has 1 heterocycles. The number of hydrogen-bond acceptors (Lipinski definition) is 3. The molecule has 1 aliphatic heterocycles. The Hall–Kier alpha value is -1.32. The van der Waals surface area contributed by atoms with Crippen LogP contribution >= 0.6 is 23.2 Å². The number of rotatable bonds is 2. The van der Waals surface area contributed by atoms with Gasteiger partial charge in [-0.05, 0) is 43.4 Å². The molecular formula is C15H13Cl2NO2. The zero-order valence-electron chi connectivity index (χ0n) is 10.8. The van der Waals surface area contributed by atoms with Crippen molar-refractivity contribution in [2.24, 2.45) is 4.99 Å². The fourth-order valence-electron chi connectivity index (χ4n) is 2.51. The molecule has 0 saturated heterocycles. The molecule has 5 heteroatoms. The summed E-state index contributed by atoms with van der Waals surface area (Å²) in [5.41, 5.74) is 2.65. The Balaban J connectivity index is 1.83. The minimum Gasteiger partial charge on any atom is -0.404 e.